The fourth-order valence-corrected chi connectivity index (χ4v) is 4.37. The number of H-pyrrole nitrogens is 1. The predicted octanol–water partition coefficient (Wildman–Crippen LogP) is 5.78. The van der Waals surface area contributed by atoms with Crippen molar-refractivity contribution in [2.24, 2.45) is 0 Å². The number of pyridine rings is 1. The molecule has 2 aromatic heterocycles. The third-order valence-corrected chi connectivity index (χ3v) is 6.11. The van der Waals surface area contributed by atoms with E-state index in [9.17, 15) is 9.90 Å². The van der Waals surface area contributed by atoms with Crippen LogP contribution < -0.4 is 0 Å². The zero-order chi connectivity index (χ0) is 22.8. The Hall–Kier alpha value is -3.64. The van der Waals surface area contributed by atoms with Gasteiger partial charge in [0.2, 0.25) is 0 Å². The standard InChI is InChI=1S/C26H23ClN4O2/c27-19-6-4-5-17(15-19)7-12-22-24-21(26(33)31-13-2-1-3-14-31)16-23(28-25(24)30-29-22)18-8-10-20(32)11-9-18/h4-12,15-16,32H,1-3,13-14H2,(H,28,29,30)/b12-7+. The monoisotopic (exact) mass is 458 g/mol. The van der Waals surface area contributed by atoms with E-state index in [1.807, 2.05) is 47.4 Å². The summed E-state index contributed by atoms with van der Waals surface area (Å²) in [6.07, 6.45) is 7.00. The number of hydrogen-bond acceptors (Lipinski definition) is 4. The van der Waals surface area contributed by atoms with Gasteiger partial charge in [-0.3, -0.25) is 9.89 Å². The highest BCUT2D eigenvalue weighted by Crippen LogP contribution is 2.29. The summed E-state index contributed by atoms with van der Waals surface area (Å²) in [5.41, 5.74) is 4.16. The maximum absolute atomic E-state index is 13.6. The number of piperidine rings is 1. The van der Waals surface area contributed by atoms with Gasteiger partial charge in [-0.15, -0.1) is 0 Å². The zero-order valence-electron chi connectivity index (χ0n) is 18.0. The number of aromatic hydroxyl groups is 1. The number of phenolic OH excluding ortho intramolecular Hbond substituents is 1. The molecule has 6 nitrogen and oxygen atoms in total. The second kappa shape index (κ2) is 9.08. The maximum atomic E-state index is 13.6. The molecule has 2 aromatic carbocycles. The SMILES string of the molecule is O=C(c1cc(-c2ccc(O)cc2)nc2n[nH]c(/C=C/c3cccc(Cl)c3)c12)N1CCCCC1. The number of fused-ring (bicyclic) bond motifs is 1. The number of rotatable bonds is 4. The van der Waals surface area contributed by atoms with Crippen molar-refractivity contribution in [1.82, 2.24) is 20.1 Å². The lowest BCUT2D eigenvalue weighted by Gasteiger charge is -2.27. The number of halogens is 1. The lowest BCUT2D eigenvalue weighted by molar-refractivity contribution is 0.0726. The van der Waals surface area contributed by atoms with Gasteiger partial charge in [-0.25, -0.2) is 4.98 Å². The van der Waals surface area contributed by atoms with Crippen molar-refractivity contribution >= 4 is 40.7 Å². The van der Waals surface area contributed by atoms with Crippen LogP contribution in [0.5, 0.6) is 5.75 Å². The van der Waals surface area contributed by atoms with Crippen molar-refractivity contribution in [3.05, 3.63) is 76.4 Å². The molecule has 0 spiro atoms. The van der Waals surface area contributed by atoms with Gasteiger partial charge in [-0.05, 0) is 73.4 Å². The number of amides is 1. The number of carbonyl (C=O) groups excluding carboxylic acids is 1. The van der Waals surface area contributed by atoms with E-state index in [2.05, 4.69) is 10.2 Å². The summed E-state index contributed by atoms with van der Waals surface area (Å²) in [5.74, 6) is 0.165. The normalized spacial score (nSPS) is 14.3. The van der Waals surface area contributed by atoms with E-state index >= 15 is 0 Å². The van der Waals surface area contributed by atoms with Crippen molar-refractivity contribution in [2.75, 3.05) is 13.1 Å². The number of carbonyl (C=O) groups is 1. The minimum Gasteiger partial charge on any atom is -0.508 e. The smallest absolute Gasteiger partial charge is 0.254 e. The molecule has 1 amide bonds. The number of phenols is 1. The first kappa shape index (κ1) is 21.2. The number of aromatic nitrogens is 3. The van der Waals surface area contributed by atoms with Crippen LogP contribution in [-0.4, -0.2) is 44.2 Å². The molecule has 5 rings (SSSR count). The van der Waals surface area contributed by atoms with E-state index in [1.165, 1.54) is 0 Å². The van der Waals surface area contributed by atoms with Crippen LogP contribution in [0.25, 0.3) is 34.4 Å². The average Bonchev–Trinajstić information content (AvgIpc) is 3.26. The second-order valence-corrected chi connectivity index (χ2v) is 8.62. The summed E-state index contributed by atoms with van der Waals surface area (Å²) < 4.78 is 0. The van der Waals surface area contributed by atoms with E-state index in [1.54, 1.807) is 24.3 Å². The minimum atomic E-state index is -0.0130. The molecule has 0 radical (unpaired) electrons. The molecule has 1 saturated heterocycles. The van der Waals surface area contributed by atoms with Gasteiger partial charge in [-0.2, -0.15) is 5.10 Å². The molecule has 166 valence electrons. The van der Waals surface area contributed by atoms with Gasteiger partial charge in [0.25, 0.3) is 5.91 Å². The number of hydrogen-bond donors (Lipinski definition) is 2. The first-order valence-electron chi connectivity index (χ1n) is 11.0. The summed E-state index contributed by atoms with van der Waals surface area (Å²) in [7, 11) is 0. The van der Waals surface area contributed by atoms with Crippen molar-refractivity contribution < 1.29 is 9.90 Å². The van der Waals surface area contributed by atoms with Crippen LogP contribution in [0.2, 0.25) is 5.02 Å². The summed E-state index contributed by atoms with van der Waals surface area (Å²) in [6, 6.07) is 16.2. The molecular formula is C26H23ClN4O2. The Kier molecular flexibility index (Phi) is 5.84. The Balaban J connectivity index is 1.62. The molecule has 4 aromatic rings. The molecule has 1 fully saturated rings. The maximum Gasteiger partial charge on any atom is 0.254 e. The summed E-state index contributed by atoms with van der Waals surface area (Å²) in [6.45, 7) is 1.51. The number of aromatic amines is 1. The van der Waals surface area contributed by atoms with Gasteiger partial charge >= 0.3 is 0 Å². The van der Waals surface area contributed by atoms with Gasteiger partial charge in [0.05, 0.1) is 22.3 Å². The number of nitrogens with one attached hydrogen (secondary N) is 1. The van der Waals surface area contributed by atoms with Crippen LogP contribution in [0.4, 0.5) is 0 Å². The Morgan fingerprint density at radius 2 is 1.82 bits per heavy atom. The molecule has 0 unspecified atom stereocenters. The molecule has 2 N–H and O–H groups in total. The molecule has 3 heterocycles. The lowest BCUT2D eigenvalue weighted by atomic mass is 10.0. The van der Waals surface area contributed by atoms with E-state index < -0.39 is 0 Å². The molecule has 7 heteroatoms. The van der Waals surface area contributed by atoms with Crippen LogP contribution in [0.3, 0.4) is 0 Å². The van der Waals surface area contributed by atoms with Crippen LogP contribution in [0.15, 0.2) is 54.6 Å². The molecule has 33 heavy (non-hydrogen) atoms. The van der Waals surface area contributed by atoms with Crippen LogP contribution in [-0.2, 0) is 0 Å². The lowest BCUT2D eigenvalue weighted by Crippen LogP contribution is -2.35. The fraction of sp³-hybridized carbons (Fsp3) is 0.192. The van der Waals surface area contributed by atoms with Gasteiger partial charge in [0.1, 0.15) is 5.75 Å². The fourth-order valence-electron chi connectivity index (χ4n) is 4.17. The van der Waals surface area contributed by atoms with Gasteiger partial charge in [0, 0.05) is 23.7 Å². The topological polar surface area (TPSA) is 82.1 Å². The summed E-state index contributed by atoms with van der Waals surface area (Å²) in [5, 5.41) is 18.5. The van der Waals surface area contributed by atoms with E-state index in [0.29, 0.717) is 27.3 Å². The van der Waals surface area contributed by atoms with Crippen molar-refractivity contribution in [1.29, 1.82) is 0 Å². The Morgan fingerprint density at radius 3 is 2.58 bits per heavy atom. The molecule has 1 aliphatic rings. The Bertz CT molecular complexity index is 1340. The zero-order valence-corrected chi connectivity index (χ0v) is 18.7. The van der Waals surface area contributed by atoms with Gasteiger partial charge in [0.15, 0.2) is 5.65 Å². The van der Waals surface area contributed by atoms with E-state index in [-0.39, 0.29) is 11.7 Å². The number of benzene rings is 2. The quantitative estimate of drug-likeness (QED) is 0.406. The average molecular weight is 459 g/mol. The van der Waals surface area contributed by atoms with Gasteiger partial charge < -0.3 is 10.0 Å². The minimum absolute atomic E-state index is 0.0130. The third kappa shape index (κ3) is 4.47. The van der Waals surface area contributed by atoms with E-state index in [4.69, 9.17) is 16.6 Å². The molecule has 0 saturated carbocycles. The number of likely N-dealkylation sites (tertiary alicyclic amines) is 1. The van der Waals surface area contributed by atoms with E-state index in [0.717, 1.165) is 49.2 Å². The first-order chi connectivity index (χ1) is 16.1. The van der Waals surface area contributed by atoms with Crippen LogP contribution in [0, 0.1) is 0 Å². The molecule has 0 atom stereocenters. The van der Waals surface area contributed by atoms with Crippen molar-refractivity contribution in [2.45, 2.75) is 19.3 Å². The molecule has 1 aliphatic heterocycles. The van der Waals surface area contributed by atoms with Crippen molar-refractivity contribution in [3.8, 4) is 17.0 Å². The van der Waals surface area contributed by atoms with Crippen LogP contribution >= 0.6 is 11.6 Å². The summed E-state index contributed by atoms with van der Waals surface area (Å²) >= 11 is 6.11. The third-order valence-electron chi connectivity index (χ3n) is 5.88. The largest absolute Gasteiger partial charge is 0.508 e. The molecular weight excluding hydrogens is 436 g/mol. The predicted molar refractivity (Wildman–Crippen MR) is 131 cm³/mol. The number of nitrogens with zero attached hydrogens (tertiary/aromatic N) is 3. The molecule has 0 bridgehead atoms. The van der Waals surface area contributed by atoms with Gasteiger partial charge in [-0.1, -0.05) is 29.8 Å². The Labute approximate surface area is 196 Å². The van der Waals surface area contributed by atoms with Crippen molar-refractivity contribution in [3.63, 3.8) is 0 Å². The highest BCUT2D eigenvalue weighted by atomic mass is 35.5. The summed E-state index contributed by atoms with van der Waals surface area (Å²) in [4.78, 5) is 20.2. The second-order valence-electron chi connectivity index (χ2n) is 8.18. The first-order valence-corrected chi connectivity index (χ1v) is 11.4. The molecule has 0 aliphatic carbocycles. The highest BCUT2D eigenvalue weighted by molar-refractivity contribution is 6.30. The Morgan fingerprint density at radius 1 is 1.03 bits per heavy atom. The van der Waals surface area contributed by atoms with Crippen LogP contribution in [0.1, 0.15) is 40.9 Å². The highest BCUT2D eigenvalue weighted by Gasteiger charge is 2.24.